The van der Waals surface area contributed by atoms with E-state index in [4.69, 9.17) is 0 Å². The maximum Gasteiger partial charge on any atom is 0.309 e. The van der Waals surface area contributed by atoms with Crippen LogP contribution in [0, 0.1) is 91.7 Å². The van der Waals surface area contributed by atoms with Crippen molar-refractivity contribution in [3.63, 3.8) is 0 Å². The molecule has 0 aliphatic heterocycles. The summed E-state index contributed by atoms with van der Waals surface area (Å²) in [6.07, 6.45) is 18.6. The van der Waals surface area contributed by atoms with Crippen LogP contribution in [0.15, 0.2) is 0 Å². The molecule has 212 valence electrons. The second-order valence-corrected chi connectivity index (χ2v) is 17.7. The fourth-order valence-electron chi connectivity index (χ4n) is 14.4. The lowest BCUT2D eigenvalue weighted by Crippen LogP contribution is -2.64. The monoisotopic (exact) mass is 540 g/mol. The molecule has 12 aliphatic carbocycles. The van der Waals surface area contributed by atoms with E-state index in [1.165, 1.54) is 77.0 Å². The summed E-state index contributed by atoms with van der Waals surface area (Å²) < 4.78 is 0. The van der Waals surface area contributed by atoms with Gasteiger partial charge in [0, 0.05) is 21.7 Å². The molecule has 2 N–H and O–H groups in total. The van der Waals surface area contributed by atoms with E-state index >= 15 is 0 Å². The first-order valence-corrected chi connectivity index (χ1v) is 16.6. The SMILES string of the molecule is O=C(O)C12CC3(C#CC45CC6CC(CC(C6)C4)C5)CC(C#CC45CC6CC(CC(C6)C4)C5)(C1)CC(C(=O)O)(C3)C2. The molecule has 4 heteroatoms. The van der Waals surface area contributed by atoms with Crippen LogP contribution in [0.1, 0.15) is 116 Å². The summed E-state index contributed by atoms with van der Waals surface area (Å²) in [7, 11) is 0. The first kappa shape index (κ1) is 24.6. The minimum Gasteiger partial charge on any atom is -0.481 e. The van der Waals surface area contributed by atoms with Crippen molar-refractivity contribution in [2.45, 2.75) is 116 Å². The van der Waals surface area contributed by atoms with Crippen molar-refractivity contribution in [1.29, 1.82) is 0 Å². The zero-order valence-corrected chi connectivity index (χ0v) is 23.9. The van der Waals surface area contributed by atoms with Crippen LogP contribution in [0.25, 0.3) is 0 Å². The van der Waals surface area contributed by atoms with Crippen LogP contribution in [0.3, 0.4) is 0 Å². The van der Waals surface area contributed by atoms with Gasteiger partial charge in [0.05, 0.1) is 10.8 Å². The van der Waals surface area contributed by atoms with E-state index in [-0.39, 0.29) is 17.3 Å². The normalized spacial score (nSPS) is 57.3. The molecule has 0 aromatic rings. The molecular weight excluding hydrogens is 496 g/mol. The van der Waals surface area contributed by atoms with Gasteiger partial charge in [-0.1, -0.05) is 23.7 Å². The van der Waals surface area contributed by atoms with Crippen LogP contribution in [0.2, 0.25) is 0 Å². The third kappa shape index (κ3) is 3.41. The maximum atomic E-state index is 13.1. The van der Waals surface area contributed by atoms with Crippen molar-refractivity contribution in [3.05, 3.63) is 0 Å². The van der Waals surface area contributed by atoms with Gasteiger partial charge in [0.25, 0.3) is 0 Å². The molecule has 12 bridgehead atoms. The van der Waals surface area contributed by atoms with Crippen LogP contribution in [0.4, 0.5) is 0 Å². The summed E-state index contributed by atoms with van der Waals surface area (Å²) in [5.74, 6) is 18.6. The molecule has 40 heavy (non-hydrogen) atoms. The van der Waals surface area contributed by atoms with Gasteiger partial charge in [0.15, 0.2) is 0 Å². The van der Waals surface area contributed by atoms with Gasteiger partial charge >= 0.3 is 11.9 Å². The number of aliphatic carboxylic acids is 2. The number of carboxylic acid groups (broad SMARTS) is 2. The number of rotatable bonds is 2. The minimum absolute atomic E-state index is 0.0862. The van der Waals surface area contributed by atoms with E-state index in [0.717, 1.165) is 41.9 Å². The van der Waals surface area contributed by atoms with E-state index in [1.54, 1.807) is 0 Å². The van der Waals surface area contributed by atoms with Crippen LogP contribution in [-0.4, -0.2) is 22.2 Å². The number of hydrogen-bond donors (Lipinski definition) is 2. The topological polar surface area (TPSA) is 74.6 Å². The Morgan fingerprint density at radius 1 is 0.425 bits per heavy atom. The average Bonchev–Trinajstić information content (AvgIpc) is 2.84. The van der Waals surface area contributed by atoms with Gasteiger partial charge in [-0.2, -0.15) is 0 Å². The standard InChI is InChI=1S/C36H44O4/c37-29(38)35-18-33(3-1-31-11-23-5-24(12-31)7-25(6-23)13-31)17-34(20-35,21-36(19-33,22-35)30(39)40)4-2-32-14-26-8-27(15-32)10-28(9-26)16-32/h23-28H,5-22H2,(H,37,38)(H,39,40). The van der Waals surface area contributed by atoms with Crippen molar-refractivity contribution in [3.8, 4) is 23.7 Å². The molecule has 0 amide bonds. The molecular formula is C36H44O4. The summed E-state index contributed by atoms with van der Waals surface area (Å²) in [6, 6.07) is 0. The Balaban J connectivity index is 1.13. The second kappa shape index (κ2) is 7.52. The molecule has 0 spiro atoms. The van der Waals surface area contributed by atoms with Gasteiger partial charge in [-0.25, -0.2) is 0 Å². The maximum absolute atomic E-state index is 13.1. The van der Waals surface area contributed by atoms with Gasteiger partial charge in [-0.3, -0.25) is 9.59 Å². The quantitative estimate of drug-likeness (QED) is 0.373. The van der Waals surface area contributed by atoms with Gasteiger partial charge in [-0.15, -0.1) is 0 Å². The molecule has 0 radical (unpaired) electrons. The highest BCUT2D eigenvalue weighted by Gasteiger charge is 2.72. The van der Waals surface area contributed by atoms with Crippen molar-refractivity contribution >= 4 is 11.9 Å². The van der Waals surface area contributed by atoms with Crippen molar-refractivity contribution < 1.29 is 19.8 Å². The zero-order chi connectivity index (χ0) is 27.2. The second-order valence-electron chi connectivity index (χ2n) is 17.7. The largest absolute Gasteiger partial charge is 0.481 e. The molecule has 0 heterocycles. The van der Waals surface area contributed by atoms with Crippen molar-refractivity contribution in [1.82, 2.24) is 0 Å². The first-order valence-electron chi connectivity index (χ1n) is 16.6. The summed E-state index contributed by atoms with van der Waals surface area (Å²) in [5, 5.41) is 21.4. The highest BCUT2D eigenvalue weighted by molar-refractivity contribution is 5.82. The van der Waals surface area contributed by atoms with Crippen molar-refractivity contribution in [2.24, 2.45) is 68.0 Å². The molecule has 12 rings (SSSR count). The summed E-state index contributed by atoms with van der Waals surface area (Å²) >= 11 is 0. The summed E-state index contributed by atoms with van der Waals surface area (Å²) in [4.78, 5) is 26.1. The Bertz CT molecular complexity index is 1140. The van der Waals surface area contributed by atoms with E-state index < -0.39 is 33.6 Å². The molecule has 0 aromatic heterocycles. The third-order valence-electron chi connectivity index (χ3n) is 14.2. The van der Waals surface area contributed by atoms with Crippen LogP contribution in [-0.2, 0) is 9.59 Å². The van der Waals surface area contributed by atoms with Gasteiger partial charge in [-0.05, 0) is 151 Å². The van der Waals surface area contributed by atoms with E-state index in [2.05, 4.69) is 23.7 Å². The molecule has 0 atom stereocenters. The predicted molar refractivity (Wildman–Crippen MR) is 149 cm³/mol. The Morgan fingerprint density at radius 2 is 0.700 bits per heavy atom. The molecule has 12 saturated carbocycles. The molecule has 0 aromatic carbocycles. The first-order chi connectivity index (χ1) is 19.0. The van der Waals surface area contributed by atoms with Crippen molar-refractivity contribution in [2.75, 3.05) is 0 Å². The highest BCUT2D eigenvalue weighted by atomic mass is 16.4. The van der Waals surface area contributed by atoms with Crippen LogP contribution in [0.5, 0.6) is 0 Å². The minimum atomic E-state index is -1.01. The van der Waals surface area contributed by atoms with E-state index in [1.807, 2.05) is 0 Å². The fraction of sp³-hybridized carbons (Fsp3) is 0.833. The Hall–Kier alpha value is -1.94. The molecule has 0 unspecified atom stereocenters. The lowest BCUT2D eigenvalue weighted by atomic mass is 9.35. The zero-order valence-electron chi connectivity index (χ0n) is 23.9. The van der Waals surface area contributed by atoms with Crippen LogP contribution < -0.4 is 0 Å². The lowest BCUT2D eigenvalue weighted by Gasteiger charge is -2.65. The number of hydrogen-bond acceptors (Lipinski definition) is 2. The fourth-order valence-corrected chi connectivity index (χ4v) is 14.4. The van der Waals surface area contributed by atoms with E-state index in [9.17, 15) is 19.8 Å². The lowest BCUT2D eigenvalue weighted by molar-refractivity contribution is -0.203. The van der Waals surface area contributed by atoms with Crippen LogP contribution >= 0.6 is 0 Å². The number of carbonyl (C=O) groups is 2. The molecule has 4 nitrogen and oxygen atoms in total. The molecule has 0 saturated heterocycles. The molecule has 12 aliphatic rings. The third-order valence-corrected chi connectivity index (χ3v) is 14.2. The van der Waals surface area contributed by atoms with Gasteiger partial charge in [0.2, 0.25) is 0 Å². The Labute approximate surface area is 238 Å². The van der Waals surface area contributed by atoms with Gasteiger partial charge in [0.1, 0.15) is 0 Å². The predicted octanol–water partition coefficient (Wildman–Crippen LogP) is 6.92. The average molecular weight is 541 g/mol. The molecule has 12 fully saturated rings. The summed E-state index contributed by atoms with van der Waals surface area (Å²) in [5.41, 5.74) is -2.93. The Morgan fingerprint density at radius 3 is 0.975 bits per heavy atom. The Kier molecular flexibility index (Phi) is 4.63. The smallest absolute Gasteiger partial charge is 0.309 e. The van der Waals surface area contributed by atoms with Gasteiger partial charge < -0.3 is 10.2 Å². The summed E-state index contributed by atoms with van der Waals surface area (Å²) in [6.45, 7) is 0. The number of carboxylic acids is 2. The van der Waals surface area contributed by atoms with E-state index in [0.29, 0.717) is 25.7 Å². The highest BCUT2D eigenvalue weighted by Crippen LogP contribution is 2.74.